The fraction of sp³-hybridized carbons (Fsp3) is 0.800. The Morgan fingerprint density at radius 1 is 1.30 bits per heavy atom. The SMILES string of the molecule is CC(C)(C)OC(=O)N1CC(CC(=O)O)(N2CCCC2C(N)=O)C1. The van der Waals surface area contributed by atoms with Crippen LogP contribution in [0.5, 0.6) is 0 Å². The lowest BCUT2D eigenvalue weighted by molar-refractivity contribution is -0.149. The van der Waals surface area contributed by atoms with Crippen LogP contribution < -0.4 is 5.73 Å². The predicted octanol–water partition coefficient (Wildman–Crippen LogP) is 0.400. The van der Waals surface area contributed by atoms with E-state index in [2.05, 4.69) is 0 Å². The van der Waals surface area contributed by atoms with Gasteiger partial charge in [0.05, 0.1) is 18.0 Å². The van der Waals surface area contributed by atoms with Gasteiger partial charge in [0.25, 0.3) is 0 Å². The summed E-state index contributed by atoms with van der Waals surface area (Å²) in [6.45, 7) is 6.41. The van der Waals surface area contributed by atoms with E-state index in [1.807, 2.05) is 4.90 Å². The molecule has 8 nitrogen and oxygen atoms in total. The van der Waals surface area contributed by atoms with Gasteiger partial charge in [0.2, 0.25) is 5.91 Å². The van der Waals surface area contributed by atoms with Gasteiger partial charge in [-0.15, -0.1) is 0 Å². The maximum Gasteiger partial charge on any atom is 0.410 e. The minimum atomic E-state index is -0.955. The van der Waals surface area contributed by atoms with Gasteiger partial charge < -0.3 is 20.5 Å². The van der Waals surface area contributed by atoms with Gasteiger partial charge in [-0.25, -0.2) is 4.79 Å². The van der Waals surface area contributed by atoms with Crippen molar-refractivity contribution in [3.05, 3.63) is 0 Å². The van der Waals surface area contributed by atoms with Crippen LogP contribution in [0, 0.1) is 0 Å². The molecule has 2 saturated heterocycles. The van der Waals surface area contributed by atoms with Gasteiger partial charge in [-0.2, -0.15) is 0 Å². The normalized spacial score (nSPS) is 24.1. The average molecular weight is 327 g/mol. The smallest absolute Gasteiger partial charge is 0.410 e. The predicted molar refractivity (Wildman–Crippen MR) is 81.7 cm³/mol. The largest absolute Gasteiger partial charge is 0.481 e. The van der Waals surface area contributed by atoms with E-state index in [4.69, 9.17) is 10.5 Å². The molecule has 0 radical (unpaired) electrons. The summed E-state index contributed by atoms with van der Waals surface area (Å²) in [5, 5.41) is 9.23. The fourth-order valence-electron chi connectivity index (χ4n) is 3.43. The zero-order chi connectivity index (χ0) is 17.4. The molecule has 2 amide bonds. The Balaban J connectivity index is 2.10. The van der Waals surface area contributed by atoms with Gasteiger partial charge in [-0.1, -0.05) is 0 Å². The molecule has 3 N–H and O–H groups in total. The Morgan fingerprint density at radius 2 is 1.91 bits per heavy atom. The van der Waals surface area contributed by atoms with Crippen molar-refractivity contribution in [2.45, 2.75) is 57.2 Å². The van der Waals surface area contributed by atoms with Crippen LogP contribution >= 0.6 is 0 Å². The van der Waals surface area contributed by atoms with Crippen LogP contribution in [0.3, 0.4) is 0 Å². The lowest BCUT2D eigenvalue weighted by Gasteiger charge is -2.55. The first-order valence-electron chi connectivity index (χ1n) is 7.80. The maximum absolute atomic E-state index is 12.1. The molecule has 0 aliphatic carbocycles. The minimum absolute atomic E-state index is 0.129. The standard InChI is InChI=1S/C15H25N3O5/c1-14(2,3)23-13(22)17-8-15(9-17,7-11(19)20)18-6-4-5-10(18)12(16)21/h10H,4-9H2,1-3H3,(H2,16,21)(H,19,20). The number of carboxylic acids is 1. The second-order valence-corrected chi connectivity index (χ2v) is 7.39. The molecule has 2 aliphatic rings. The molecule has 2 aliphatic heterocycles. The zero-order valence-electron chi connectivity index (χ0n) is 13.9. The summed E-state index contributed by atoms with van der Waals surface area (Å²) < 4.78 is 5.31. The van der Waals surface area contributed by atoms with Crippen molar-refractivity contribution < 1.29 is 24.2 Å². The highest BCUT2D eigenvalue weighted by atomic mass is 16.6. The minimum Gasteiger partial charge on any atom is -0.481 e. The Morgan fingerprint density at radius 3 is 2.39 bits per heavy atom. The number of carbonyl (C=O) groups excluding carboxylic acids is 2. The number of likely N-dealkylation sites (tertiary alicyclic amines) is 2. The fourth-order valence-corrected chi connectivity index (χ4v) is 3.43. The van der Waals surface area contributed by atoms with E-state index < -0.39 is 35.2 Å². The third kappa shape index (κ3) is 3.74. The third-order valence-corrected chi connectivity index (χ3v) is 4.29. The molecule has 0 bridgehead atoms. The zero-order valence-corrected chi connectivity index (χ0v) is 13.9. The number of hydrogen-bond donors (Lipinski definition) is 2. The Kier molecular flexibility index (Phi) is 4.57. The van der Waals surface area contributed by atoms with E-state index in [0.29, 0.717) is 13.0 Å². The number of rotatable bonds is 4. The van der Waals surface area contributed by atoms with Crippen molar-refractivity contribution in [2.24, 2.45) is 5.73 Å². The van der Waals surface area contributed by atoms with Crippen LogP contribution in [0.25, 0.3) is 0 Å². The van der Waals surface area contributed by atoms with Gasteiger partial charge >= 0.3 is 12.1 Å². The number of nitrogens with two attached hydrogens (primary N) is 1. The first-order chi connectivity index (χ1) is 10.5. The van der Waals surface area contributed by atoms with Gasteiger partial charge in [0.15, 0.2) is 0 Å². The molecule has 0 aromatic heterocycles. The maximum atomic E-state index is 12.1. The first kappa shape index (κ1) is 17.5. The molecule has 0 saturated carbocycles. The number of ether oxygens (including phenoxy) is 1. The Labute approximate surface area is 135 Å². The average Bonchev–Trinajstić information content (AvgIpc) is 2.79. The van der Waals surface area contributed by atoms with E-state index in [9.17, 15) is 19.5 Å². The topological polar surface area (TPSA) is 113 Å². The highest BCUT2D eigenvalue weighted by Gasteiger charge is 2.55. The lowest BCUT2D eigenvalue weighted by atomic mass is 9.83. The molecule has 1 unspecified atom stereocenters. The second kappa shape index (κ2) is 5.99. The number of nitrogens with zero attached hydrogens (tertiary/aromatic N) is 2. The summed E-state index contributed by atoms with van der Waals surface area (Å²) in [6.07, 6.45) is 0.828. The lowest BCUT2D eigenvalue weighted by Crippen LogP contribution is -2.73. The van der Waals surface area contributed by atoms with E-state index in [0.717, 1.165) is 6.42 Å². The molecule has 1 atom stereocenters. The van der Waals surface area contributed by atoms with E-state index >= 15 is 0 Å². The summed E-state index contributed by atoms with van der Waals surface area (Å²) in [7, 11) is 0. The Hall–Kier alpha value is -1.83. The monoisotopic (exact) mass is 327 g/mol. The van der Waals surface area contributed by atoms with Crippen LogP contribution in [-0.4, -0.2) is 69.7 Å². The van der Waals surface area contributed by atoms with Crippen LogP contribution in [0.15, 0.2) is 0 Å². The molecule has 2 fully saturated rings. The van der Waals surface area contributed by atoms with Crippen molar-refractivity contribution in [3.8, 4) is 0 Å². The molecule has 0 spiro atoms. The molecule has 0 aromatic carbocycles. The molecule has 2 rings (SSSR count). The molecular weight excluding hydrogens is 302 g/mol. The van der Waals surface area contributed by atoms with Gasteiger partial charge in [0.1, 0.15) is 5.60 Å². The molecule has 0 aromatic rings. The van der Waals surface area contributed by atoms with Gasteiger partial charge in [-0.05, 0) is 40.2 Å². The van der Waals surface area contributed by atoms with Crippen molar-refractivity contribution in [2.75, 3.05) is 19.6 Å². The van der Waals surface area contributed by atoms with Crippen molar-refractivity contribution in [1.29, 1.82) is 0 Å². The number of carboxylic acid groups (broad SMARTS) is 1. The number of amides is 2. The van der Waals surface area contributed by atoms with Gasteiger partial charge in [0, 0.05) is 13.1 Å². The van der Waals surface area contributed by atoms with Crippen LogP contribution in [-0.2, 0) is 14.3 Å². The van der Waals surface area contributed by atoms with Crippen LogP contribution in [0.4, 0.5) is 4.79 Å². The van der Waals surface area contributed by atoms with E-state index in [-0.39, 0.29) is 19.5 Å². The quantitative estimate of drug-likeness (QED) is 0.773. The summed E-state index contributed by atoms with van der Waals surface area (Å²) in [5.41, 5.74) is 4.10. The number of carbonyl (C=O) groups is 3. The summed E-state index contributed by atoms with van der Waals surface area (Å²) in [5.74, 6) is -1.40. The first-order valence-corrected chi connectivity index (χ1v) is 7.80. The van der Waals surface area contributed by atoms with Crippen molar-refractivity contribution >= 4 is 18.0 Å². The van der Waals surface area contributed by atoms with E-state index in [1.165, 1.54) is 4.90 Å². The second-order valence-electron chi connectivity index (χ2n) is 7.39. The summed E-state index contributed by atoms with van der Waals surface area (Å²) >= 11 is 0. The van der Waals surface area contributed by atoms with Gasteiger partial charge in [-0.3, -0.25) is 14.5 Å². The molecular formula is C15H25N3O5. The van der Waals surface area contributed by atoms with Crippen LogP contribution in [0.2, 0.25) is 0 Å². The molecule has 2 heterocycles. The number of aliphatic carboxylic acids is 1. The molecule has 130 valence electrons. The van der Waals surface area contributed by atoms with Crippen molar-refractivity contribution in [1.82, 2.24) is 9.80 Å². The number of primary amides is 1. The highest BCUT2D eigenvalue weighted by Crippen LogP contribution is 2.37. The van der Waals surface area contributed by atoms with E-state index in [1.54, 1.807) is 20.8 Å². The summed E-state index contributed by atoms with van der Waals surface area (Å²) in [6, 6.07) is -0.463. The van der Waals surface area contributed by atoms with Crippen LogP contribution in [0.1, 0.15) is 40.0 Å². The summed E-state index contributed by atoms with van der Waals surface area (Å²) in [4.78, 5) is 38.3. The Bertz CT molecular complexity index is 508. The third-order valence-electron chi connectivity index (χ3n) is 4.29. The number of hydrogen-bond acceptors (Lipinski definition) is 5. The molecule has 8 heteroatoms. The van der Waals surface area contributed by atoms with Crippen molar-refractivity contribution in [3.63, 3.8) is 0 Å². The molecule has 23 heavy (non-hydrogen) atoms. The highest BCUT2D eigenvalue weighted by molar-refractivity contribution is 5.81.